The molecule has 44 heavy (non-hydrogen) atoms. The number of aliphatic hydroxyl groups excluding tert-OH is 1. The summed E-state index contributed by atoms with van der Waals surface area (Å²) < 4.78 is 11.8. The van der Waals surface area contributed by atoms with Gasteiger partial charge in [-0.3, -0.25) is 0 Å². The van der Waals surface area contributed by atoms with Crippen molar-refractivity contribution < 1.29 is 14.4 Å². The molecule has 2 heterocycles. The maximum Gasteiger partial charge on any atom is 0.244 e. The highest BCUT2D eigenvalue weighted by Crippen LogP contribution is 2.69. The topological polar surface area (TPSA) is 38.3 Å². The fourth-order valence-corrected chi connectivity index (χ4v) is 11.4. The first-order chi connectivity index (χ1) is 21.2. The summed E-state index contributed by atoms with van der Waals surface area (Å²) in [4.78, 5) is 0. The van der Waals surface area contributed by atoms with E-state index in [1.54, 1.807) is 5.57 Å². The average Bonchev–Trinajstić information content (AvgIpc) is 3.69. The first kappa shape index (κ1) is 30.7. The van der Waals surface area contributed by atoms with Gasteiger partial charge >= 0.3 is 0 Å². The molecule has 4 fully saturated rings. The van der Waals surface area contributed by atoms with Gasteiger partial charge in [0, 0.05) is 0 Å². The normalized spacial score (nSPS) is 40.1. The molecule has 1 aromatic carbocycles. The van der Waals surface area contributed by atoms with Crippen molar-refractivity contribution in [2.45, 2.75) is 143 Å². The van der Waals surface area contributed by atoms with Crippen LogP contribution in [-0.2, 0) is 17.7 Å². The first-order valence-corrected chi connectivity index (χ1v) is 18.4. The number of nitrogens with zero attached hydrogens (tertiary/aromatic N) is 2. The van der Waals surface area contributed by atoms with Crippen LogP contribution in [0.1, 0.15) is 122 Å². The number of imidazole rings is 1. The molecule has 7 rings (SSSR count). The van der Waals surface area contributed by atoms with E-state index in [0.717, 1.165) is 50.0 Å². The van der Waals surface area contributed by atoms with E-state index in [0.29, 0.717) is 40.9 Å². The molecule has 1 aromatic heterocycles. The van der Waals surface area contributed by atoms with Gasteiger partial charge in [0.05, 0.1) is 24.4 Å². The highest BCUT2D eigenvalue weighted by Gasteiger charge is 2.64. The van der Waals surface area contributed by atoms with Crippen LogP contribution < -0.4 is 4.57 Å². The zero-order valence-corrected chi connectivity index (χ0v) is 28.3. The molecule has 0 spiro atoms. The Morgan fingerprint density at radius 3 is 2.68 bits per heavy atom. The highest BCUT2D eigenvalue weighted by atomic mass is 16.5. The number of ether oxygens (including phenoxy) is 1. The molecule has 240 valence electrons. The third kappa shape index (κ3) is 5.34. The first-order valence-electron chi connectivity index (χ1n) is 18.4. The number of aromatic nitrogens is 2. The van der Waals surface area contributed by atoms with Crippen molar-refractivity contribution in [3.8, 4) is 0 Å². The smallest absolute Gasteiger partial charge is 0.244 e. The number of unbranched alkanes of at least 4 members (excludes halogenated alkanes) is 1. The van der Waals surface area contributed by atoms with E-state index in [4.69, 9.17) is 4.74 Å². The van der Waals surface area contributed by atoms with Gasteiger partial charge in [-0.1, -0.05) is 70.0 Å². The molecule has 1 saturated heterocycles. The van der Waals surface area contributed by atoms with Crippen LogP contribution in [0.25, 0.3) is 0 Å². The van der Waals surface area contributed by atoms with Crippen molar-refractivity contribution in [1.82, 2.24) is 4.57 Å². The molecule has 0 bridgehead atoms. The third-order valence-electron chi connectivity index (χ3n) is 14.0. The van der Waals surface area contributed by atoms with Crippen LogP contribution in [0.4, 0.5) is 0 Å². The minimum Gasteiger partial charge on any atom is -0.393 e. The molecular formula is C40H59N2O2+. The molecule has 1 aliphatic heterocycles. The number of fused-ring (bicyclic) bond motifs is 7. The van der Waals surface area contributed by atoms with E-state index in [2.05, 4.69) is 92.8 Å². The fourth-order valence-electron chi connectivity index (χ4n) is 11.4. The summed E-state index contributed by atoms with van der Waals surface area (Å²) in [5.41, 5.74) is 5.15. The Hall–Kier alpha value is -1.91. The molecule has 0 amide bonds. The van der Waals surface area contributed by atoms with Crippen molar-refractivity contribution in [2.24, 2.45) is 40.4 Å². The minimum atomic E-state index is -0.115. The summed E-state index contributed by atoms with van der Waals surface area (Å²) in [5, 5.41) is 10.4. The van der Waals surface area contributed by atoms with Gasteiger partial charge in [0.25, 0.3) is 0 Å². The van der Waals surface area contributed by atoms with E-state index in [9.17, 15) is 5.11 Å². The third-order valence-corrected chi connectivity index (χ3v) is 14.0. The standard InChI is InChI=1S/C40H59N2O2/c1-6-7-8-29-10-12-30(13-11-29)25-41-21-22-42(26-41)27(2)9-16-36-28(3)38-37(44-36)24-35-33-15-14-31-23-32(43)17-19-39(31,4)34(33)18-20-40(35,38)5/h10-14,21-22,26-28,32-38,43H,6-9,15-20,23-25H2,1-5H3/q+1/t27-,28?,32?,33-,34+,35+,36-,37?,38?,39+,40+/m1/s1. The molecule has 4 nitrogen and oxygen atoms in total. The van der Waals surface area contributed by atoms with Crippen molar-refractivity contribution >= 4 is 0 Å². The number of aryl methyl sites for hydroxylation is 1. The maximum atomic E-state index is 10.4. The zero-order chi connectivity index (χ0) is 30.6. The van der Waals surface area contributed by atoms with Crippen molar-refractivity contribution in [1.29, 1.82) is 0 Å². The summed E-state index contributed by atoms with van der Waals surface area (Å²) in [5.74, 6) is 3.75. The van der Waals surface area contributed by atoms with Gasteiger partial charge in [0.1, 0.15) is 18.9 Å². The Balaban J connectivity index is 0.950. The molecule has 1 N–H and O–H groups in total. The van der Waals surface area contributed by atoms with Crippen LogP contribution in [-0.4, -0.2) is 28.0 Å². The van der Waals surface area contributed by atoms with Crippen molar-refractivity contribution in [3.05, 3.63) is 65.8 Å². The average molecular weight is 600 g/mol. The Labute approximate surface area is 267 Å². The maximum absolute atomic E-state index is 10.4. The van der Waals surface area contributed by atoms with Crippen LogP contribution in [0, 0.1) is 40.4 Å². The van der Waals surface area contributed by atoms with Gasteiger partial charge in [-0.15, -0.1) is 0 Å². The summed E-state index contributed by atoms with van der Waals surface area (Å²) in [7, 11) is 0. The second-order valence-corrected chi connectivity index (χ2v) is 16.4. The molecule has 0 radical (unpaired) electrons. The Morgan fingerprint density at radius 2 is 1.89 bits per heavy atom. The SMILES string of the molecule is CCCCc1ccc(C[n+]2ccn([C@H](C)CC[C@H]3OC4C[C@H]5[C@@H]6CC=C7CC(O)CC[C@]7(C)[C@H]6CC[C@]5(C)C4C3C)c2)cc1. The fraction of sp³-hybridized carbons (Fsp3) is 0.725. The van der Waals surface area contributed by atoms with Crippen LogP contribution in [0.5, 0.6) is 0 Å². The minimum absolute atomic E-state index is 0.115. The Morgan fingerprint density at radius 1 is 1.09 bits per heavy atom. The largest absolute Gasteiger partial charge is 0.393 e. The van der Waals surface area contributed by atoms with Crippen molar-refractivity contribution in [2.75, 3.05) is 0 Å². The number of benzene rings is 1. The van der Waals surface area contributed by atoms with E-state index in [1.165, 1.54) is 62.5 Å². The van der Waals surface area contributed by atoms with Crippen molar-refractivity contribution in [3.63, 3.8) is 0 Å². The van der Waals surface area contributed by atoms with Gasteiger partial charge in [0.15, 0.2) is 0 Å². The van der Waals surface area contributed by atoms with Crippen LogP contribution in [0.3, 0.4) is 0 Å². The molecule has 5 aliphatic rings. The van der Waals surface area contributed by atoms with E-state index in [1.807, 2.05) is 0 Å². The Kier molecular flexibility index (Phi) is 8.40. The number of allylic oxidation sites excluding steroid dienone is 1. The van der Waals surface area contributed by atoms with E-state index in [-0.39, 0.29) is 6.10 Å². The molecule has 4 unspecified atom stereocenters. The van der Waals surface area contributed by atoms with E-state index < -0.39 is 0 Å². The van der Waals surface area contributed by atoms with Gasteiger partial charge < -0.3 is 9.84 Å². The quantitative estimate of drug-likeness (QED) is 0.232. The number of aliphatic hydroxyl groups is 1. The highest BCUT2D eigenvalue weighted by molar-refractivity contribution is 5.26. The molecule has 4 heteroatoms. The molecule has 4 aliphatic carbocycles. The van der Waals surface area contributed by atoms with Gasteiger partial charge in [0.2, 0.25) is 6.33 Å². The molecule has 2 aromatic rings. The predicted octanol–water partition coefficient (Wildman–Crippen LogP) is 8.46. The van der Waals surface area contributed by atoms with Crippen LogP contribution in [0.2, 0.25) is 0 Å². The molecule has 3 saturated carbocycles. The lowest BCUT2D eigenvalue weighted by atomic mass is 9.47. The summed E-state index contributed by atoms with van der Waals surface area (Å²) in [6.45, 7) is 13.3. The summed E-state index contributed by atoms with van der Waals surface area (Å²) in [6, 6.07) is 9.69. The number of hydrogen-bond donors (Lipinski definition) is 1. The summed E-state index contributed by atoms with van der Waals surface area (Å²) in [6.07, 6.45) is 24.5. The van der Waals surface area contributed by atoms with Gasteiger partial charge in [-0.25, -0.2) is 9.13 Å². The molecular weight excluding hydrogens is 540 g/mol. The lowest BCUT2D eigenvalue weighted by Crippen LogP contribution is -2.51. The van der Waals surface area contributed by atoms with Crippen LogP contribution >= 0.6 is 0 Å². The number of rotatable bonds is 9. The second kappa shape index (κ2) is 12.0. The number of hydrogen-bond acceptors (Lipinski definition) is 2. The second-order valence-electron chi connectivity index (χ2n) is 16.4. The van der Waals surface area contributed by atoms with E-state index >= 15 is 0 Å². The summed E-state index contributed by atoms with van der Waals surface area (Å²) >= 11 is 0. The van der Waals surface area contributed by atoms with Crippen LogP contribution in [0.15, 0.2) is 54.6 Å². The van der Waals surface area contributed by atoms with Gasteiger partial charge in [-0.05, 0) is 129 Å². The Bertz CT molecular complexity index is 1330. The predicted molar refractivity (Wildman–Crippen MR) is 177 cm³/mol. The zero-order valence-electron chi connectivity index (χ0n) is 28.3. The van der Waals surface area contributed by atoms with Gasteiger partial charge in [-0.2, -0.15) is 0 Å². The lowest BCUT2D eigenvalue weighted by Gasteiger charge is -2.58. The lowest BCUT2D eigenvalue weighted by molar-refractivity contribution is -0.688. The monoisotopic (exact) mass is 599 g/mol. The molecule has 11 atom stereocenters.